The fourth-order valence-electron chi connectivity index (χ4n) is 1.19. The summed E-state index contributed by atoms with van der Waals surface area (Å²) in [4.78, 5) is 21.6. The van der Waals surface area contributed by atoms with Crippen molar-refractivity contribution in [1.29, 1.82) is 0 Å². The fraction of sp³-hybridized carbons (Fsp3) is 0.778. The maximum absolute atomic E-state index is 10.9. The van der Waals surface area contributed by atoms with E-state index in [-0.39, 0.29) is 6.42 Å². The van der Waals surface area contributed by atoms with Gasteiger partial charge in [0, 0.05) is 0 Å². The summed E-state index contributed by atoms with van der Waals surface area (Å²) in [6, 6.07) is -0.893. The summed E-state index contributed by atoms with van der Waals surface area (Å²) in [6.07, 6.45) is 0.0775. The Kier molecular flexibility index (Phi) is 4.07. The first kappa shape index (κ1) is 12.9. The summed E-state index contributed by atoms with van der Waals surface area (Å²) in [5.41, 5.74) is 9.95. The molecule has 82 valence electrons. The molecule has 0 heterocycles. The monoisotopic (exact) mass is 202 g/mol. The van der Waals surface area contributed by atoms with E-state index in [1.807, 2.05) is 0 Å². The quantitative estimate of drug-likeness (QED) is 0.593. The van der Waals surface area contributed by atoms with E-state index in [0.717, 1.165) is 0 Å². The Balaban J connectivity index is 4.55. The lowest BCUT2D eigenvalue weighted by molar-refractivity contribution is -0.146. The minimum atomic E-state index is -0.950. The maximum atomic E-state index is 10.9. The molecular weight excluding hydrogens is 184 g/mol. The van der Waals surface area contributed by atoms with Gasteiger partial charge in [0.1, 0.15) is 0 Å². The van der Waals surface area contributed by atoms with E-state index < -0.39 is 29.3 Å². The second-order valence-electron chi connectivity index (χ2n) is 4.50. The molecule has 5 N–H and O–H groups in total. The first-order valence-electron chi connectivity index (χ1n) is 4.44. The molecule has 1 amide bonds. The second-order valence-corrected chi connectivity index (χ2v) is 4.50. The van der Waals surface area contributed by atoms with E-state index in [1.165, 1.54) is 0 Å². The van der Waals surface area contributed by atoms with Crippen molar-refractivity contribution < 1.29 is 14.7 Å². The Bertz CT molecular complexity index is 233. The van der Waals surface area contributed by atoms with Crippen LogP contribution in [0.2, 0.25) is 0 Å². The van der Waals surface area contributed by atoms with Gasteiger partial charge in [-0.3, -0.25) is 9.59 Å². The molecule has 0 aromatic carbocycles. The maximum Gasteiger partial charge on any atom is 0.307 e. The number of hydrogen-bond donors (Lipinski definition) is 3. The van der Waals surface area contributed by atoms with E-state index in [1.54, 1.807) is 20.8 Å². The highest BCUT2D eigenvalue weighted by molar-refractivity contribution is 5.80. The predicted molar refractivity (Wildman–Crippen MR) is 52.4 cm³/mol. The number of carboxylic acids is 1. The number of carboxylic acid groups (broad SMARTS) is 1. The molecule has 0 aromatic heterocycles. The first-order valence-corrected chi connectivity index (χ1v) is 4.44. The SMILES string of the molecule is CC(C)(C)[C@H](CC(N)C(N)=O)C(=O)O. The highest BCUT2D eigenvalue weighted by Crippen LogP contribution is 2.29. The molecule has 1 unspecified atom stereocenters. The molecule has 5 heteroatoms. The summed E-state index contributed by atoms with van der Waals surface area (Å²) in [5, 5.41) is 8.93. The molecule has 0 aliphatic carbocycles. The zero-order chi connectivity index (χ0) is 11.5. The van der Waals surface area contributed by atoms with Gasteiger partial charge >= 0.3 is 5.97 Å². The van der Waals surface area contributed by atoms with Gasteiger partial charge in [0.05, 0.1) is 12.0 Å². The molecule has 0 aromatic rings. The number of rotatable bonds is 4. The lowest BCUT2D eigenvalue weighted by Crippen LogP contribution is -2.42. The molecule has 0 fully saturated rings. The van der Waals surface area contributed by atoms with Gasteiger partial charge in [-0.25, -0.2) is 0 Å². The number of carbonyl (C=O) groups excluding carboxylic acids is 1. The van der Waals surface area contributed by atoms with Crippen molar-refractivity contribution in [3.63, 3.8) is 0 Å². The van der Waals surface area contributed by atoms with Crippen LogP contribution in [0.1, 0.15) is 27.2 Å². The largest absolute Gasteiger partial charge is 0.481 e. The van der Waals surface area contributed by atoms with Gasteiger partial charge in [0.2, 0.25) is 5.91 Å². The standard InChI is InChI=1S/C9H18N2O3/c1-9(2,3)5(8(13)14)4-6(10)7(11)12/h5-6H,4,10H2,1-3H3,(H2,11,12)(H,13,14)/t5-,6?/m1/s1. The average molecular weight is 202 g/mol. The smallest absolute Gasteiger partial charge is 0.307 e. The third kappa shape index (κ3) is 3.74. The summed E-state index contributed by atoms with van der Waals surface area (Å²) < 4.78 is 0. The van der Waals surface area contributed by atoms with Crippen molar-refractivity contribution in [3.8, 4) is 0 Å². The van der Waals surface area contributed by atoms with Crippen molar-refractivity contribution in [2.75, 3.05) is 0 Å². The topological polar surface area (TPSA) is 106 Å². The van der Waals surface area contributed by atoms with Crippen LogP contribution in [-0.4, -0.2) is 23.0 Å². The minimum Gasteiger partial charge on any atom is -0.481 e. The van der Waals surface area contributed by atoms with Gasteiger partial charge in [0.25, 0.3) is 0 Å². The third-order valence-corrected chi connectivity index (χ3v) is 2.20. The van der Waals surface area contributed by atoms with E-state index in [9.17, 15) is 9.59 Å². The van der Waals surface area contributed by atoms with Gasteiger partial charge in [-0.2, -0.15) is 0 Å². The average Bonchev–Trinajstić information content (AvgIpc) is 1.96. The number of carbonyl (C=O) groups is 2. The van der Waals surface area contributed by atoms with Crippen LogP contribution in [0.3, 0.4) is 0 Å². The number of aliphatic carboxylic acids is 1. The molecule has 0 saturated heterocycles. The van der Waals surface area contributed by atoms with Crippen molar-refractivity contribution in [3.05, 3.63) is 0 Å². The molecule has 0 rings (SSSR count). The molecular formula is C9H18N2O3. The number of primary amides is 1. The Morgan fingerprint density at radius 3 is 2.00 bits per heavy atom. The molecule has 5 nitrogen and oxygen atoms in total. The van der Waals surface area contributed by atoms with Crippen molar-refractivity contribution >= 4 is 11.9 Å². The summed E-state index contributed by atoms with van der Waals surface area (Å²) in [6.45, 7) is 5.37. The summed E-state index contributed by atoms with van der Waals surface area (Å²) in [5.74, 6) is -2.28. The van der Waals surface area contributed by atoms with Crippen molar-refractivity contribution in [1.82, 2.24) is 0 Å². The summed E-state index contributed by atoms with van der Waals surface area (Å²) in [7, 11) is 0. The third-order valence-electron chi connectivity index (χ3n) is 2.20. The van der Waals surface area contributed by atoms with E-state index in [4.69, 9.17) is 16.6 Å². The van der Waals surface area contributed by atoms with Crippen LogP contribution < -0.4 is 11.5 Å². The van der Waals surface area contributed by atoms with Gasteiger partial charge < -0.3 is 16.6 Å². The second kappa shape index (κ2) is 4.41. The van der Waals surface area contributed by atoms with Gasteiger partial charge in [-0.1, -0.05) is 20.8 Å². The number of nitrogens with two attached hydrogens (primary N) is 2. The normalized spacial score (nSPS) is 16.0. The molecule has 0 aliphatic rings. The van der Waals surface area contributed by atoms with Gasteiger partial charge in [-0.05, 0) is 11.8 Å². The highest BCUT2D eigenvalue weighted by atomic mass is 16.4. The highest BCUT2D eigenvalue weighted by Gasteiger charge is 2.33. The molecule has 0 aliphatic heterocycles. The Morgan fingerprint density at radius 2 is 1.79 bits per heavy atom. The van der Waals surface area contributed by atoms with Crippen LogP contribution in [-0.2, 0) is 9.59 Å². The van der Waals surface area contributed by atoms with Crippen LogP contribution >= 0.6 is 0 Å². The predicted octanol–water partition coefficient (Wildman–Crippen LogP) is -0.0640. The van der Waals surface area contributed by atoms with Crippen LogP contribution in [0.15, 0.2) is 0 Å². The fourth-order valence-corrected chi connectivity index (χ4v) is 1.19. The summed E-state index contributed by atoms with van der Waals surface area (Å²) >= 11 is 0. The first-order chi connectivity index (χ1) is 6.16. The Hall–Kier alpha value is -1.10. The molecule has 0 saturated carbocycles. The van der Waals surface area contributed by atoms with Crippen LogP contribution in [0.25, 0.3) is 0 Å². The van der Waals surface area contributed by atoms with E-state index in [2.05, 4.69) is 0 Å². The van der Waals surface area contributed by atoms with Crippen LogP contribution in [0.5, 0.6) is 0 Å². The Labute approximate surface area is 83.5 Å². The van der Waals surface area contributed by atoms with Gasteiger partial charge in [-0.15, -0.1) is 0 Å². The van der Waals surface area contributed by atoms with Crippen molar-refractivity contribution in [2.45, 2.75) is 33.2 Å². The number of hydrogen-bond acceptors (Lipinski definition) is 3. The van der Waals surface area contributed by atoms with Crippen LogP contribution in [0.4, 0.5) is 0 Å². The van der Waals surface area contributed by atoms with Gasteiger partial charge in [0.15, 0.2) is 0 Å². The molecule has 0 radical (unpaired) electrons. The molecule has 0 spiro atoms. The van der Waals surface area contributed by atoms with Crippen LogP contribution in [0, 0.1) is 11.3 Å². The zero-order valence-corrected chi connectivity index (χ0v) is 8.78. The number of amides is 1. The molecule has 0 bridgehead atoms. The lowest BCUT2D eigenvalue weighted by Gasteiger charge is -2.28. The van der Waals surface area contributed by atoms with Crippen molar-refractivity contribution in [2.24, 2.45) is 22.8 Å². The molecule has 14 heavy (non-hydrogen) atoms. The lowest BCUT2D eigenvalue weighted by atomic mass is 9.77. The minimum absolute atomic E-state index is 0.0775. The van der Waals surface area contributed by atoms with E-state index >= 15 is 0 Å². The zero-order valence-electron chi connectivity index (χ0n) is 8.78. The Morgan fingerprint density at radius 1 is 1.36 bits per heavy atom. The van der Waals surface area contributed by atoms with E-state index in [0.29, 0.717) is 0 Å². The molecule has 2 atom stereocenters.